The summed E-state index contributed by atoms with van der Waals surface area (Å²) in [6.45, 7) is 3.92. The van der Waals surface area contributed by atoms with Crippen molar-refractivity contribution in [1.82, 2.24) is 4.90 Å². The molecule has 0 radical (unpaired) electrons. The summed E-state index contributed by atoms with van der Waals surface area (Å²) in [6, 6.07) is 0. The minimum atomic E-state index is -2.76. The predicted molar refractivity (Wildman–Crippen MR) is 57.8 cm³/mol. The van der Waals surface area contributed by atoms with Crippen LogP contribution in [0.2, 0.25) is 0 Å². The van der Waals surface area contributed by atoms with Crippen molar-refractivity contribution in [3.05, 3.63) is 0 Å². The van der Waals surface area contributed by atoms with Gasteiger partial charge in [-0.25, -0.2) is 8.42 Å². The van der Waals surface area contributed by atoms with Gasteiger partial charge in [0.25, 0.3) is 0 Å². The lowest BCUT2D eigenvalue weighted by Crippen LogP contribution is -2.41. The molecule has 5 nitrogen and oxygen atoms in total. The molecule has 0 saturated carbocycles. The van der Waals surface area contributed by atoms with Crippen molar-refractivity contribution in [3.8, 4) is 0 Å². The minimum absolute atomic E-state index is 0.283. The van der Waals surface area contributed by atoms with Crippen molar-refractivity contribution in [2.24, 2.45) is 0 Å². The van der Waals surface area contributed by atoms with Gasteiger partial charge in [0.2, 0.25) is 0 Å². The van der Waals surface area contributed by atoms with Crippen molar-refractivity contribution in [3.63, 3.8) is 0 Å². The highest BCUT2D eigenvalue weighted by molar-refractivity contribution is 7.91. The second-order valence-corrected chi connectivity index (χ2v) is 5.90. The van der Waals surface area contributed by atoms with Gasteiger partial charge in [-0.05, 0) is 0 Å². The zero-order chi connectivity index (χ0) is 11.1. The van der Waals surface area contributed by atoms with E-state index in [4.69, 9.17) is 9.47 Å². The van der Waals surface area contributed by atoms with Crippen LogP contribution in [0.3, 0.4) is 0 Å². The van der Waals surface area contributed by atoms with E-state index in [1.54, 1.807) is 7.11 Å². The molecule has 1 fully saturated rings. The Morgan fingerprint density at radius 2 is 1.80 bits per heavy atom. The molecule has 6 heteroatoms. The van der Waals surface area contributed by atoms with E-state index in [-0.39, 0.29) is 11.5 Å². The molecular formula is C9H19NO4S. The third-order valence-corrected chi connectivity index (χ3v) is 4.03. The van der Waals surface area contributed by atoms with Crippen LogP contribution in [0.1, 0.15) is 0 Å². The van der Waals surface area contributed by atoms with Gasteiger partial charge in [0.15, 0.2) is 9.84 Å². The molecule has 1 rings (SSSR count). The van der Waals surface area contributed by atoms with Crippen LogP contribution in [0.15, 0.2) is 0 Å². The van der Waals surface area contributed by atoms with Crippen molar-refractivity contribution in [2.45, 2.75) is 0 Å². The maximum Gasteiger partial charge on any atom is 0.152 e. The van der Waals surface area contributed by atoms with Gasteiger partial charge in [0, 0.05) is 26.7 Å². The molecule has 0 aromatic rings. The summed E-state index contributed by atoms with van der Waals surface area (Å²) in [7, 11) is -1.12. The SMILES string of the molecule is COCCOCCN1CCS(=O)(=O)CC1. The number of methoxy groups -OCH3 is 1. The number of rotatable bonds is 6. The molecule has 0 unspecified atom stereocenters. The molecule has 0 aromatic carbocycles. The van der Waals surface area contributed by atoms with Crippen LogP contribution in [0.5, 0.6) is 0 Å². The van der Waals surface area contributed by atoms with Crippen LogP contribution < -0.4 is 0 Å². The lowest BCUT2D eigenvalue weighted by atomic mass is 10.5. The van der Waals surface area contributed by atoms with Gasteiger partial charge in [-0.15, -0.1) is 0 Å². The van der Waals surface area contributed by atoms with Crippen LogP contribution in [0, 0.1) is 0 Å². The van der Waals surface area contributed by atoms with E-state index in [1.807, 2.05) is 0 Å². The van der Waals surface area contributed by atoms with Crippen molar-refractivity contribution >= 4 is 9.84 Å². The third-order valence-electron chi connectivity index (χ3n) is 2.42. The Bertz CT molecular complexity index is 251. The van der Waals surface area contributed by atoms with Crippen LogP contribution in [-0.2, 0) is 19.3 Å². The lowest BCUT2D eigenvalue weighted by Gasteiger charge is -2.26. The normalized spacial score (nSPS) is 21.7. The smallest absolute Gasteiger partial charge is 0.152 e. The summed E-state index contributed by atoms with van der Waals surface area (Å²) >= 11 is 0. The molecular weight excluding hydrogens is 218 g/mol. The van der Waals surface area contributed by atoms with E-state index in [1.165, 1.54) is 0 Å². The molecule has 15 heavy (non-hydrogen) atoms. The first-order valence-electron chi connectivity index (χ1n) is 5.13. The monoisotopic (exact) mass is 237 g/mol. The van der Waals surface area contributed by atoms with Gasteiger partial charge in [-0.3, -0.25) is 4.90 Å². The van der Waals surface area contributed by atoms with Gasteiger partial charge in [-0.1, -0.05) is 0 Å². The van der Waals surface area contributed by atoms with Gasteiger partial charge < -0.3 is 9.47 Å². The first kappa shape index (κ1) is 12.9. The van der Waals surface area contributed by atoms with Crippen molar-refractivity contribution < 1.29 is 17.9 Å². The summed E-state index contributed by atoms with van der Waals surface area (Å²) in [4.78, 5) is 2.12. The zero-order valence-electron chi connectivity index (χ0n) is 9.15. The molecule has 0 aliphatic carbocycles. The number of nitrogens with zero attached hydrogens (tertiary/aromatic N) is 1. The zero-order valence-corrected chi connectivity index (χ0v) is 9.96. The Balaban J connectivity index is 2.04. The van der Waals surface area contributed by atoms with Crippen molar-refractivity contribution in [2.75, 3.05) is 58.1 Å². The molecule has 0 amide bonds. The van der Waals surface area contributed by atoms with Crippen LogP contribution in [0.25, 0.3) is 0 Å². The molecule has 0 bridgehead atoms. The molecule has 0 atom stereocenters. The summed E-state index contributed by atoms with van der Waals surface area (Å²) in [6.07, 6.45) is 0. The molecule has 1 aliphatic heterocycles. The first-order chi connectivity index (χ1) is 7.14. The predicted octanol–water partition coefficient (Wildman–Crippen LogP) is -0.620. The van der Waals surface area contributed by atoms with Gasteiger partial charge in [-0.2, -0.15) is 0 Å². The average Bonchev–Trinajstić information content (AvgIpc) is 2.20. The van der Waals surface area contributed by atoms with E-state index in [2.05, 4.69) is 4.90 Å². The van der Waals surface area contributed by atoms with Crippen molar-refractivity contribution in [1.29, 1.82) is 0 Å². The maximum atomic E-state index is 11.1. The Morgan fingerprint density at radius 3 is 2.40 bits per heavy atom. The number of hydrogen-bond donors (Lipinski definition) is 0. The Labute approximate surface area is 91.3 Å². The lowest BCUT2D eigenvalue weighted by molar-refractivity contribution is 0.0584. The third kappa shape index (κ3) is 5.46. The fraction of sp³-hybridized carbons (Fsp3) is 1.00. The molecule has 1 heterocycles. The summed E-state index contributed by atoms with van der Waals surface area (Å²) < 4.78 is 32.4. The highest BCUT2D eigenvalue weighted by Gasteiger charge is 2.20. The fourth-order valence-corrected chi connectivity index (χ4v) is 2.69. The molecule has 90 valence electrons. The Hall–Kier alpha value is -0.170. The summed E-state index contributed by atoms with van der Waals surface area (Å²) in [5.41, 5.74) is 0. The van der Waals surface area contributed by atoms with Crippen LogP contribution >= 0.6 is 0 Å². The van der Waals surface area contributed by atoms with Gasteiger partial charge in [0.1, 0.15) is 0 Å². The quantitative estimate of drug-likeness (QED) is 0.576. The maximum absolute atomic E-state index is 11.1. The number of ether oxygens (including phenoxy) is 2. The number of hydrogen-bond acceptors (Lipinski definition) is 5. The molecule has 0 aromatic heterocycles. The molecule has 0 spiro atoms. The highest BCUT2D eigenvalue weighted by Crippen LogP contribution is 2.02. The average molecular weight is 237 g/mol. The van der Waals surface area contributed by atoms with E-state index < -0.39 is 9.84 Å². The Kier molecular flexibility index (Phi) is 5.52. The van der Waals surface area contributed by atoms with Gasteiger partial charge >= 0.3 is 0 Å². The summed E-state index contributed by atoms with van der Waals surface area (Å²) in [5, 5.41) is 0. The van der Waals surface area contributed by atoms with Crippen LogP contribution in [0.4, 0.5) is 0 Å². The first-order valence-corrected chi connectivity index (χ1v) is 6.96. The molecule has 1 saturated heterocycles. The molecule has 1 aliphatic rings. The Morgan fingerprint density at radius 1 is 1.13 bits per heavy atom. The van der Waals surface area contributed by atoms with E-state index in [9.17, 15) is 8.42 Å². The second kappa shape index (κ2) is 6.42. The molecule has 0 N–H and O–H groups in total. The summed E-state index contributed by atoms with van der Waals surface area (Å²) in [5.74, 6) is 0.566. The van der Waals surface area contributed by atoms with E-state index in [0.29, 0.717) is 32.9 Å². The van der Waals surface area contributed by atoms with Crippen LogP contribution in [-0.4, -0.2) is 71.4 Å². The second-order valence-electron chi connectivity index (χ2n) is 3.60. The highest BCUT2D eigenvalue weighted by atomic mass is 32.2. The van der Waals surface area contributed by atoms with E-state index >= 15 is 0 Å². The van der Waals surface area contributed by atoms with Gasteiger partial charge in [0.05, 0.1) is 31.3 Å². The number of sulfone groups is 1. The fourth-order valence-electron chi connectivity index (χ4n) is 1.41. The van der Waals surface area contributed by atoms with E-state index in [0.717, 1.165) is 6.54 Å². The standard InChI is InChI=1S/C9H19NO4S/c1-13-6-7-14-5-2-10-3-8-15(11,12)9-4-10/h2-9H2,1H3. The minimum Gasteiger partial charge on any atom is -0.382 e. The topological polar surface area (TPSA) is 55.8 Å². The largest absolute Gasteiger partial charge is 0.382 e.